The van der Waals surface area contributed by atoms with Crippen molar-refractivity contribution >= 4 is 11.6 Å². The molecule has 0 fully saturated rings. The molecule has 0 nitrogen and oxygen atoms in total. The van der Waals surface area contributed by atoms with Crippen LogP contribution in [0.1, 0.15) is 5.56 Å². The third-order valence-electron chi connectivity index (χ3n) is 2.36. The molecular weight excluding hydrogens is 230 g/mol. The van der Waals surface area contributed by atoms with Gasteiger partial charge in [0.15, 0.2) is 0 Å². The third-order valence-corrected chi connectivity index (χ3v) is 2.67. The summed E-state index contributed by atoms with van der Waals surface area (Å²) in [6.45, 7) is 1.77. The minimum Gasteiger partial charge on any atom is -0.206 e. The predicted molar refractivity (Wildman–Crippen MR) is 61.5 cm³/mol. The van der Waals surface area contributed by atoms with E-state index in [4.69, 9.17) is 11.6 Å². The van der Waals surface area contributed by atoms with Gasteiger partial charge >= 0.3 is 0 Å². The minimum absolute atomic E-state index is 0.113. The van der Waals surface area contributed by atoms with Gasteiger partial charge in [0.25, 0.3) is 0 Å². The van der Waals surface area contributed by atoms with E-state index in [0.717, 1.165) is 5.56 Å². The topological polar surface area (TPSA) is 0 Å². The van der Waals surface area contributed by atoms with Crippen LogP contribution >= 0.6 is 11.6 Å². The Balaban J connectivity index is 2.68. The first kappa shape index (κ1) is 11.1. The molecule has 0 aliphatic rings. The summed E-state index contributed by atoms with van der Waals surface area (Å²) < 4.78 is 27.2. The fourth-order valence-electron chi connectivity index (χ4n) is 1.58. The first-order valence-corrected chi connectivity index (χ1v) is 5.18. The monoisotopic (exact) mass is 238 g/mol. The molecule has 0 saturated heterocycles. The molecule has 3 heteroatoms. The number of benzene rings is 2. The highest BCUT2D eigenvalue weighted by molar-refractivity contribution is 6.33. The Bertz CT molecular complexity index is 515. The van der Waals surface area contributed by atoms with Crippen LogP contribution in [-0.4, -0.2) is 0 Å². The Hall–Kier alpha value is -1.41. The molecule has 0 atom stereocenters. The molecule has 0 aliphatic carbocycles. The van der Waals surface area contributed by atoms with Gasteiger partial charge in [0.05, 0.1) is 5.02 Å². The summed E-state index contributed by atoms with van der Waals surface area (Å²) in [4.78, 5) is 0. The first-order chi connectivity index (χ1) is 7.59. The highest BCUT2D eigenvalue weighted by Gasteiger charge is 2.13. The van der Waals surface area contributed by atoms with Gasteiger partial charge in [-0.05, 0) is 30.7 Å². The van der Waals surface area contributed by atoms with E-state index in [1.54, 1.807) is 19.1 Å². The van der Waals surface area contributed by atoms with Crippen LogP contribution in [-0.2, 0) is 0 Å². The van der Waals surface area contributed by atoms with Crippen LogP contribution in [0.4, 0.5) is 8.78 Å². The van der Waals surface area contributed by atoms with E-state index in [1.165, 1.54) is 24.3 Å². The van der Waals surface area contributed by atoms with Gasteiger partial charge in [-0.25, -0.2) is 8.78 Å². The molecule has 2 rings (SSSR count). The highest BCUT2D eigenvalue weighted by Crippen LogP contribution is 2.32. The summed E-state index contributed by atoms with van der Waals surface area (Å²) in [5.41, 5.74) is 1.09. The normalized spacial score (nSPS) is 10.5. The Morgan fingerprint density at radius 3 is 2.38 bits per heavy atom. The maximum atomic E-state index is 13.7. The smallest absolute Gasteiger partial charge is 0.132 e. The van der Waals surface area contributed by atoms with Crippen LogP contribution in [0.15, 0.2) is 36.4 Å². The first-order valence-electron chi connectivity index (χ1n) is 4.80. The SMILES string of the molecule is Cc1ccc(-c2c(F)cccc2Cl)c(F)c1. The second-order valence-electron chi connectivity index (χ2n) is 3.58. The van der Waals surface area contributed by atoms with Crippen molar-refractivity contribution in [3.8, 4) is 11.1 Å². The van der Waals surface area contributed by atoms with Gasteiger partial charge in [-0.1, -0.05) is 29.8 Å². The van der Waals surface area contributed by atoms with Crippen LogP contribution in [0.5, 0.6) is 0 Å². The second-order valence-corrected chi connectivity index (χ2v) is 3.99. The molecule has 0 saturated carbocycles. The lowest BCUT2D eigenvalue weighted by Crippen LogP contribution is -1.90. The van der Waals surface area contributed by atoms with Crippen molar-refractivity contribution < 1.29 is 8.78 Å². The summed E-state index contributed by atoms with van der Waals surface area (Å²) in [5.74, 6) is -0.984. The number of hydrogen-bond acceptors (Lipinski definition) is 0. The summed E-state index contributed by atoms with van der Waals surface area (Å²) in [7, 11) is 0. The number of aryl methyl sites for hydroxylation is 1. The van der Waals surface area contributed by atoms with Gasteiger partial charge in [-0.15, -0.1) is 0 Å². The van der Waals surface area contributed by atoms with Crippen molar-refractivity contribution in [1.29, 1.82) is 0 Å². The fourth-order valence-corrected chi connectivity index (χ4v) is 1.84. The van der Waals surface area contributed by atoms with Gasteiger partial charge in [0.2, 0.25) is 0 Å². The standard InChI is InChI=1S/C13H9ClF2/c1-8-5-6-9(12(16)7-8)13-10(14)3-2-4-11(13)15/h2-7H,1H3. The Morgan fingerprint density at radius 2 is 1.75 bits per heavy atom. The van der Waals surface area contributed by atoms with E-state index in [2.05, 4.69) is 0 Å². The second kappa shape index (κ2) is 4.22. The Labute approximate surface area is 97.5 Å². The summed E-state index contributed by atoms with van der Waals surface area (Å²) in [6.07, 6.45) is 0. The zero-order chi connectivity index (χ0) is 11.7. The number of halogens is 3. The molecule has 0 unspecified atom stereocenters. The van der Waals surface area contributed by atoms with Crippen LogP contribution in [0, 0.1) is 18.6 Å². The molecule has 0 aromatic heterocycles. The molecule has 0 radical (unpaired) electrons. The lowest BCUT2D eigenvalue weighted by molar-refractivity contribution is 0.616. The lowest BCUT2D eigenvalue weighted by atomic mass is 10.0. The average Bonchev–Trinajstić information content (AvgIpc) is 2.20. The zero-order valence-corrected chi connectivity index (χ0v) is 9.35. The van der Waals surface area contributed by atoms with E-state index in [1.807, 2.05) is 0 Å². The number of rotatable bonds is 1. The number of hydrogen-bond donors (Lipinski definition) is 0. The maximum Gasteiger partial charge on any atom is 0.132 e. The largest absolute Gasteiger partial charge is 0.206 e. The fraction of sp³-hybridized carbons (Fsp3) is 0.0769. The molecule has 0 aliphatic heterocycles. The summed E-state index contributed by atoms with van der Waals surface area (Å²) in [5, 5.41) is 0.211. The third kappa shape index (κ3) is 1.93. The van der Waals surface area contributed by atoms with Crippen molar-refractivity contribution in [3.63, 3.8) is 0 Å². The van der Waals surface area contributed by atoms with Crippen molar-refractivity contribution in [2.24, 2.45) is 0 Å². The molecule has 82 valence electrons. The molecule has 0 bridgehead atoms. The minimum atomic E-state index is -0.518. The highest BCUT2D eigenvalue weighted by atomic mass is 35.5. The van der Waals surface area contributed by atoms with Gasteiger partial charge in [-0.3, -0.25) is 0 Å². The van der Waals surface area contributed by atoms with E-state index in [0.29, 0.717) is 0 Å². The van der Waals surface area contributed by atoms with Gasteiger partial charge in [0.1, 0.15) is 11.6 Å². The zero-order valence-electron chi connectivity index (χ0n) is 8.60. The predicted octanol–water partition coefficient (Wildman–Crippen LogP) is 4.59. The van der Waals surface area contributed by atoms with Crippen LogP contribution in [0.3, 0.4) is 0 Å². The van der Waals surface area contributed by atoms with E-state index in [-0.39, 0.29) is 16.1 Å². The quantitative estimate of drug-likeness (QED) is 0.682. The van der Waals surface area contributed by atoms with E-state index < -0.39 is 11.6 Å². The van der Waals surface area contributed by atoms with Crippen LogP contribution < -0.4 is 0 Å². The molecule has 2 aromatic rings. The average molecular weight is 239 g/mol. The Morgan fingerprint density at radius 1 is 1.00 bits per heavy atom. The van der Waals surface area contributed by atoms with Gasteiger partial charge in [-0.2, -0.15) is 0 Å². The molecule has 0 heterocycles. The van der Waals surface area contributed by atoms with Crippen LogP contribution in [0.25, 0.3) is 11.1 Å². The van der Waals surface area contributed by atoms with Gasteiger partial charge < -0.3 is 0 Å². The summed E-state index contributed by atoms with van der Waals surface area (Å²) in [6, 6.07) is 8.92. The van der Waals surface area contributed by atoms with Crippen molar-refractivity contribution in [2.45, 2.75) is 6.92 Å². The van der Waals surface area contributed by atoms with Crippen LogP contribution in [0.2, 0.25) is 5.02 Å². The Kier molecular flexibility index (Phi) is 2.92. The van der Waals surface area contributed by atoms with Crippen molar-refractivity contribution in [1.82, 2.24) is 0 Å². The molecule has 16 heavy (non-hydrogen) atoms. The summed E-state index contributed by atoms with van der Waals surface area (Å²) >= 11 is 5.87. The maximum absolute atomic E-state index is 13.7. The van der Waals surface area contributed by atoms with Crippen molar-refractivity contribution in [3.05, 3.63) is 58.6 Å². The molecular formula is C13H9ClF2. The molecule has 0 spiro atoms. The van der Waals surface area contributed by atoms with Gasteiger partial charge in [0, 0.05) is 11.1 Å². The lowest BCUT2D eigenvalue weighted by Gasteiger charge is -2.07. The molecule has 0 amide bonds. The molecule has 0 N–H and O–H groups in total. The van der Waals surface area contributed by atoms with E-state index >= 15 is 0 Å². The molecule has 2 aromatic carbocycles. The van der Waals surface area contributed by atoms with Crippen molar-refractivity contribution in [2.75, 3.05) is 0 Å². The van der Waals surface area contributed by atoms with E-state index in [9.17, 15) is 8.78 Å².